The minimum Gasteiger partial charge on any atom is -0.324 e. The van der Waals surface area contributed by atoms with E-state index in [1.165, 1.54) is 41.5 Å². The average Bonchev–Trinajstić information content (AvgIpc) is 2.37. The standard InChI is InChI=1S/C18H21N/c1-13(19)15-7-3-9-17(11-15)18-10-4-8-16(12-18)14-5-2-6-14/h3-4,7-14H,2,5-6,19H2,1H3. The van der Waals surface area contributed by atoms with Crippen molar-refractivity contribution in [2.45, 2.75) is 38.1 Å². The van der Waals surface area contributed by atoms with E-state index in [1.807, 2.05) is 6.92 Å². The molecule has 0 aromatic heterocycles. The van der Waals surface area contributed by atoms with Gasteiger partial charge >= 0.3 is 0 Å². The van der Waals surface area contributed by atoms with Gasteiger partial charge in [-0.15, -0.1) is 0 Å². The molecule has 0 amide bonds. The van der Waals surface area contributed by atoms with E-state index in [-0.39, 0.29) is 6.04 Å². The van der Waals surface area contributed by atoms with E-state index in [0.29, 0.717) is 0 Å². The summed E-state index contributed by atoms with van der Waals surface area (Å²) in [5.41, 5.74) is 11.3. The topological polar surface area (TPSA) is 26.0 Å². The largest absolute Gasteiger partial charge is 0.324 e. The zero-order valence-electron chi connectivity index (χ0n) is 11.5. The predicted octanol–water partition coefficient (Wildman–Crippen LogP) is 4.64. The molecular formula is C18H21N. The minimum atomic E-state index is 0.0924. The molecule has 1 aliphatic carbocycles. The molecule has 0 radical (unpaired) electrons. The SMILES string of the molecule is CC(N)c1cccc(-c2cccc(C3CCC3)c2)c1. The lowest BCUT2D eigenvalue weighted by Crippen LogP contribution is -2.08. The Morgan fingerprint density at radius 3 is 2.32 bits per heavy atom. The van der Waals surface area contributed by atoms with Crippen molar-refractivity contribution in [2.24, 2.45) is 5.73 Å². The van der Waals surface area contributed by atoms with Crippen LogP contribution in [0.25, 0.3) is 11.1 Å². The normalized spacial score (nSPS) is 16.9. The number of hydrogen-bond donors (Lipinski definition) is 1. The van der Waals surface area contributed by atoms with Crippen molar-refractivity contribution >= 4 is 0 Å². The zero-order chi connectivity index (χ0) is 13.2. The number of benzene rings is 2. The molecule has 1 fully saturated rings. The average molecular weight is 251 g/mol. The smallest absolute Gasteiger partial charge is 0.0266 e. The van der Waals surface area contributed by atoms with Crippen LogP contribution in [0.2, 0.25) is 0 Å². The third-order valence-corrected chi connectivity index (χ3v) is 4.21. The van der Waals surface area contributed by atoms with Crippen LogP contribution in [0.3, 0.4) is 0 Å². The van der Waals surface area contributed by atoms with Gasteiger partial charge in [-0.25, -0.2) is 0 Å². The molecule has 19 heavy (non-hydrogen) atoms. The molecule has 2 aromatic carbocycles. The fourth-order valence-electron chi connectivity index (χ4n) is 2.72. The van der Waals surface area contributed by atoms with Gasteiger partial charge in [0.05, 0.1) is 0 Å². The van der Waals surface area contributed by atoms with E-state index in [9.17, 15) is 0 Å². The molecule has 0 heterocycles. The maximum absolute atomic E-state index is 5.97. The Hall–Kier alpha value is -1.60. The molecule has 1 unspecified atom stereocenters. The maximum atomic E-state index is 5.97. The number of hydrogen-bond acceptors (Lipinski definition) is 1. The van der Waals surface area contributed by atoms with Gasteiger partial charge in [0.25, 0.3) is 0 Å². The lowest BCUT2D eigenvalue weighted by Gasteiger charge is -2.26. The summed E-state index contributed by atoms with van der Waals surface area (Å²) >= 11 is 0. The first kappa shape index (κ1) is 12.4. The van der Waals surface area contributed by atoms with Gasteiger partial charge in [0.15, 0.2) is 0 Å². The van der Waals surface area contributed by atoms with Gasteiger partial charge in [-0.1, -0.05) is 48.9 Å². The second-order valence-corrected chi connectivity index (χ2v) is 5.67. The molecule has 3 rings (SSSR count). The van der Waals surface area contributed by atoms with E-state index >= 15 is 0 Å². The van der Waals surface area contributed by atoms with Crippen LogP contribution in [0.1, 0.15) is 49.3 Å². The van der Waals surface area contributed by atoms with Crippen molar-refractivity contribution in [3.63, 3.8) is 0 Å². The summed E-state index contributed by atoms with van der Waals surface area (Å²) in [5.74, 6) is 0.788. The van der Waals surface area contributed by atoms with Crippen molar-refractivity contribution in [1.82, 2.24) is 0 Å². The Labute approximate surface area is 115 Å². The van der Waals surface area contributed by atoms with Crippen molar-refractivity contribution in [2.75, 3.05) is 0 Å². The van der Waals surface area contributed by atoms with Crippen LogP contribution in [-0.2, 0) is 0 Å². The van der Waals surface area contributed by atoms with E-state index in [0.717, 1.165) is 5.92 Å². The molecule has 0 aliphatic heterocycles. The van der Waals surface area contributed by atoms with Crippen LogP contribution >= 0.6 is 0 Å². The van der Waals surface area contributed by atoms with E-state index < -0.39 is 0 Å². The van der Waals surface area contributed by atoms with Crippen LogP contribution in [0, 0.1) is 0 Å². The van der Waals surface area contributed by atoms with Crippen molar-refractivity contribution in [3.05, 3.63) is 59.7 Å². The van der Waals surface area contributed by atoms with E-state index in [2.05, 4.69) is 48.5 Å². The van der Waals surface area contributed by atoms with Gasteiger partial charge in [-0.2, -0.15) is 0 Å². The quantitative estimate of drug-likeness (QED) is 0.845. The Bertz CT molecular complexity index is 567. The van der Waals surface area contributed by atoms with Gasteiger partial charge in [0.2, 0.25) is 0 Å². The van der Waals surface area contributed by atoms with E-state index in [4.69, 9.17) is 5.73 Å². The summed E-state index contributed by atoms with van der Waals surface area (Å²) < 4.78 is 0. The first-order chi connectivity index (χ1) is 9.24. The molecule has 1 heteroatoms. The van der Waals surface area contributed by atoms with Gasteiger partial charge in [0, 0.05) is 6.04 Å². The lowest BCUT2D eigenvalue weighted by molar-refractivity contribution is 0.420. The van der Waals surface area contributed by atoms with Gasteiger partial charge in [-0.05, 0) is 54.0 Å². The summed E-state index contributed by atoms with van der Waals surface area (Å²) in [6, 6.07) is 17.7. The molecule has 1 aliphatic rings. The summed E-state index contributed by atoms with van der Waals surface area (Å²) in [6.45, 7) is 2.03. The van der Waals surface area contributed by atoms with E-state index in [1.54, 1.807) is 0 Å². The summed E-state index contributed by atoms with van der Waals surface area (Å²) in [6.07, 6.45) is 4.09. The molecular weight excluding hydrogens is 230 g/mol. The Morgan fingerprint density at radius 2 is 1.68 bits per heavy atom. The number of nitrogens with two attached hydrogens (primary N) is 1. The summed E-state index contributed by atoms with van der Waals surface area (Å²) in [4.78, 5) is 0. The first-order valence-electron chi connectivity index (χ1n) is 7.20. The number of rotatable bonds is 3. The van der Waals surface area contributed by atoms with Crippen LogP contribution < -0.4 is 5.73 Å². The van der Waals surface area contributed by atoms with Crippen molar-refractivity contribution < 1.29 is 0 Å². The van der Waals surface area contributed by atoms with Crippen LogP contribution in [0.4, 0.5) is 0 Å². The summed E-state index contributed by atoms with van der Waals surface area (Å²) in [5, 5.41) is 0. The third kappa shape index (κ3) is 2.57. The van der Waals surface area contributed by atoms with Crippen LogP contribution in [0.15, 0.2) is 48.5 Å². The molecule has 2 N–H and O–H groups in total. The molecule has 98 valence electrons. The van der Waals surface area contributed by atoms with Gasteiger partial charge < -0.3 is 5.73 Å². The summed E-state index contributed by atoms with van der Waals surface area (Å²) in [7, 11) is 0. The zero-order valence-corrected chi connectivity index (χ0v) is 11.5. The first-order valence-corrected chi connectivity index (χ1v) is 7.20. The third-order valence-electron chi connectivity index (χ3n) is 4.21. The minimum absolute atomic E-state index is 0.0924. The molecule has 2 aromatic rings. The second-order valence-electron chi connectivity index (χ2n) is 5.67. The van der Waals surface area contributed by atoms with Crippen LogP contribution in [-0.4, -0.2) is 0 Å². The molecule has 1 nitrogen and oxygen atoms in total. The second kappa shape index (κ2) is 5.18. The van der Waals surface area contributed by atoms with Crippen LogP contribution in [0.5, 0.6) is 0 Å². The Kier molecular flexibility index (Phi) is 3.39. The van der Waals surface area contributed by atoms with Gasteiger partial charge in [-0.3, -0.25) is 0 Å². The fraction of sp³-hybridized carbons (Fsp3) is 0.333. The Balaban J connectivity index is 1.94. The monoisotopic (exact) mass is 251 g/mol. The van der Waals surface area contributed by atoms with Gasteiger partial charge in [0.1, 0.15) is 0 Å². The molecule has 1 saturated carbocycles. The lowest BCUT2D eigenvalue weighted by atomic mass is 9.79. The highest BCUT2D eigenvalue weighted by atomic mass is 14.6. The predicted molar refractivity (Wildman–Crippen MR) is 81.1 cm³/mol. The highest BCUT2D eigenvalue weighted by molar-refractivity contribution is 5.65. The molecule has 1 atom stereocenters. The Morgan fingerprint density at radius 1 is 1.00 bits per heavy atom. The molecule has 0 spiro atoms. The van der Waals surface area contributed by atoms with Crippen molar-refractivity contribution in [1.29, 1.82) is 0 Å². The highest BCUT2D eigenvalue weighted by Gasteiger charge is 2.19. The molecule has 0 saturated heterocycles. The fourth-order valence-corrected chi connectivity index (χ4v) is 2.72. The maximum Gasteiger partial charge on any atom is 0.0266 e. The van der Waals surface area contributed by atoms with Crippen molar-refractivity contribution in [3.8, 4) is 11.1 Å². The molecule has 0 bridgehead atoms. The highest BCUT2D eigenvalue weighted by Crippen LogP contribution is 2.37.